The molecule has 0 radical (unpaired) electrons. The predicted molar refractivity (Wildman–Crippen MR) is 204 cm³/mol. The number of carbonyl (C=O) groups is 2. The number of amides is 3. The van der Waals surface area contributed by atoms with Crippen molar-refractivity contribution in [2.45, 2.75) is 70.1 Å². The summed E-state index contributed by atoms with van der Waals surface area (Å²) in [6.45, 7) is 7.86. The molecule has 1 heterocycles. The van der Waals surface area contributed by atoms with E-state index in [9.17, 15) is 23.1 Å². The van der Waals surface area contributed by atoms with E-state index >= 15 is 0 Å². The first-order valence-corrected chi connectivity index (χ1v) is 19.2. The molecule has 278 valence electrons. The Morgan fingerprint density at radius 3 is 2.48 bits per heavy atom. The molecular weight excluding hydrogens is 681 g/mol. The smallest absolute Gasteiger partial charge is 0.323 e. The van der Waals surface area contributed by atoms with E-state index in [4.69, 9.17) is 9.47 Å². The van der Waals surface area contributed by atoms with Crippen LogP contribution in [-0.2, 0) is 14.8 Å². The second kappa shape index (κ2) is 17.4. The number of aliphatic hydroxyl groups is 1. The monoisotopic (exact) mass is 730 g/mol. The molecule has 3 N–H and O–H groups in total. The van der Waals surface area contributed by atoms with Crippen molar-refractivity contribution in [1.29, 1.82) is 0 Å². The van der Waals surface area contributed by atoms with Gasteiger partial charge in [-0.05, 0) is 81.8 Å². The molecule has 3 amide bonds. The fourth-order valence-corrected chi connectivity index (χ4v) is 7.51. The van der Waals surface area contributed by atoms with Crippen molar-refractivity contribution in [2.24, 2.45) is 5.92 Å². The molecule has 0 saturated heterocycles. The van der Waals surface area contributed by atoms with E-state index in [0.717, 1.165) is 29.2 Å². The van der Waals surface area contributed by atoms with Gasteiger partial charge in [-0.2, -0.15) is 4.31 Å². The molecular formula is C40H50N4O7S. The average Bonchev–Trinajstić information content (AvgIpc) is 3.13. The maximum Gasteiger partial charge on any atom is 0.323 e. The van der Waals surface area contributed by atoms with E-state index in [2.05, 4.69) is 10.6 Å². The Morgan fingerprint density at radius 1 is 1.00 bits per heavy atom. The van der Waals surface area contributed by atoms with Gasteiger partial charge in [-0.15, -0.1) is 0 Å². The molecule has 52 heavy (non-hydrogen) atoms. The number of carbonyl (C=O) groups excluding carboxylic acids is 2. The molecule has 0 bridgehead atoms. The highest BCUT2D eigenvalue weighted by atomic mass is 32.2. The number of likely N-dealkylation sites (N-methyl/N-ethyl adjacent to an activating group) is 1. The maximum atomic E-state index is 14.5. The summed E-state index contributed by atoms with van der Waals surface area (Å²) in [5.41, 5.74) is 2.22. The fraction of sp³-hybridized carbons (Fsp3) is 0.400. The minimum Gasteiger partial charge on any atom is -0.490 e. The van der Waals surface area contributed by atoms with Gasteiger partial charge in [0, 0.05) is 43.7 Å². The summed E-state index contributed by atoms with van der Waals surface area (Å²) in [5.74, 6) is -0.355. The van der Waals surface area contributed by atoms with Gasteiger partial charge in [-0.25, -0.2) is 13.2 Å². The van der Waals surface area contributed by atoms with Gasteiger partial charge in [0.05, 0.1) is 41.0 Å². The molecule has 4 aromatic rings. The Morgan fingerprint density at radius 2 is 1.73 bits per heavy atom. The van der Waals surface area contributed by atoms with Crippen LogP contribution in [0.5, 0.6) is 5.75 Å². The van der Waals surface area contributed by atoms with E-state index < -0.39 is 34.1 Å². The lowest BCUT2D eigenvalue weighted by atomic mass is 10.0. The Kier molecular flexibility index (Phi) is 12.9. The number of anilines is 2. The number of hydrogen-bond donors (Lipinski definition) is 3. The first-order valence-electron chi connectivity index (χ1n) is 17.8. The summed E-state index contributed by atoms with van der Waals surface area (Å²) < 4.78 is 41.0. The van der Waals surface area contributed by atoms with Crippen LogP contribution in [0.3, 0.4) is 0 Å². The van der Waals surface area contributed by atoms with Crippen molar-refractivity contribution >= 4 is 44.1 Å². The van der Waals surface area contributed by atoms with Crippen molar-refractivity contribution in [3.63, 3.8) is 0 Å². The highest BCUT2D eigenvalue weighted by molar-refractivity contribution is 7.89. The first-order chi connectivity index (χ1) is 24.9. The van der Waals surface area contributed by atoms with Gasteiger partial charge >= 0.3 is 6.03 Å². The van der Waals surface area contributed by atoms with Crippen LogP contribution in [0.4, 0.5) is 16.2 Å². The lowest BCUT2D eigenvalue weighted by molar-refractivity contribution is -0.00833. The van der Waals surface area contributed by atoms with E-state index in [-0.39, 0.29) is 42.2 Å². The molecule has 4 aromatic carbocycles. The molecule has 0 unspecified atom stereocenters. The molecule has 12 heteroatoms. The van der Waals surface area contributed by atoms with Crippen molar-refractivity contribution in [3.05, 3.63) is 96.1 Å². The number of fused-ring (bicyclic) bond motifs is 2. The summed E-state index contributed by atoms with van der Waals surface area (Å²) in [4.78, 5) is 29.5. The second-order valence-corrected chi connectivity index (χ2v) is 15.8. The molecule has 0 saturated carbocycles. The number of sulfonamides is 1. The van der Waals surface area contributed by atoms with Gasteiger partial charge in [0.2, 0.25) is 10.0 Å². The normalized spacial score (nSPS) is 19.7. The standard InChI is InChI=1S/C40H50N4O7S/c1-27-16-19-33(20-17-27)52(48,49)43(5)25-38-28(2)24-44(29(3)26-45)39(46)35-23-32(18-21-37(35)51-30(4)11-8-9-22-50-38)41-40(47)42-36-15-10-13-31-12-6-7-14-34(31)36/h6-7,10,12-21,23,28-30,38,45H,8-9,11,22,24-26H2,1-5H3,(H2,41,42,47)/t28-,29+,30-,38-/m0/s1. The van der Waals surface area contributed by atoms with Gasteiger partial charge in [-0.3, -0.25) is 4.79 Å². The van der Waals surface area contributed by atoms with Gasteiger partial charge in [-0.1, -0.05) is 61.0 Å². The molecule has 1 aliphatic rings. The van der Waals surface area contributed by atoms with Gasteiger partial charge in [0.15, 0.2) is 0 Å². The number of ether oxygens (including phenoxy) is 2. The first kappa shape index (κ1) is 38.7. The fourth-order valence-electron chi connectivity index (χ4n) is 6.32. The summed E-state index contributed by atoms with van der Waals surface area (Å²) in [6, 6.07) is 24.1. The quantitative estimate of drug-likeness (QED) is 0.179. The number of aryl methyl sites for hydroxylation is 1. The largest absolute Gasteiger partial charge is 0.490 e. The van der Waals surface area contributed by atoms with Crippen LogP contribution in [0.2, 0.25) is 0 Å². The van der Waals surface area contributed by atoms with Crippen LogP contribution in [0.1, 0.15) is 56.0 Å². The highest BCUT2D eigenvalue weighted by Crippen LogP contribution is 2.30. The topological polar surface area (TPSA) is 138 Å². The zero-order valence-electron chi connectivity index (χ0n) is 30.5. The lowest BCUT2D eigenvalue weighted by Crippen LogP contribution is -2.48. The molecule has 0 aromatic heterocycles. The summed E-state index contributed by atoms with van der Waals surface area (Å²) in [5, 5.41) is 18.0. The number of hydrogen-bond acceptors (Lipinski definition) is 7. The zero-order chi connectivity index (χ0) is 37.4. The average molecular weight is 731 g/mol. The van der Waals surface area contributed by atoms with Crippen LogP contribution in [-0.4, -0.2) is 86.3 Å². The molecule has 0 fully saturated rings. The molecule has 11 nitrogen and oxygen atoms in total. The van der Waals surface area contributed by atoms with Crippen molar-refractivity contribution in [1.82, 2.24) is 9.21 Å². The zero-order valence-corrected chi connectivity index (χ0v) is 31.4. The molecule has 4 atom stereocenters. The van der Waals surface area contributed by atoms with Crippen molar-refractivity contribution in [3.8, 4) is 5.75 Å². The highest BCUT2D eigenvalue weighted by Gasteiger charge is 2.32. The third-order valence-electron chi connectivity index (χ3n) is 9.51. The second-order valence-electron chi connectivity index (χ2n) is 13.7. The SMILES string of the molecule is Cc1ccc(S(=O)(=O)N(C)C[C@@H]2OCCCC[C@H](C)Oc3ccc(NC(=O)Nc4cccc5ccccc45)cc3C(=O)N([C@H](C)CO)C[C@@H]2C)cc1. The summed E-state index contributed by atoms with van der Waals surface area (Å²) in [6.07, 6.45) is 1.46. The summed E-state index contributed by atoms with van der Waals surface area (Å²) >= 11 is 0. The van der Waals surface area contributed by atoms with Gasteiger partial charge in [0.1, 0.15) is 5.75 Å². The number of aliphatic hydroxyl groups excluding tert-OH is 1. The van der Waals surface area contributed by atoms with Crippen LogP contribution in [0.25, 0.3) is 10.8 Å². The molecule has 0 spiro atoms. The van der Waals surface area contributed by atoms with Crippen LogP contribution in [0.15, 0.2) is 89.8 Å². The Labute approximate surface area is 307 Å². The maximum absolute atomic E-state index is 14.5. The Balaban J connectivity index is 1.41. The minimum absolute atomic E-state index is 0.0723. The molecule has 5 rings (SSSR count). The van der Waals surface area contributed by atoms with Gasteiger partial charge < -0.3 is 30.1 Å². The Hall–Kier alpha value is -4.49. The molecule has 1 aliphatic heterocycles. The van der Waals surface area contributed by atoms with Crippen molar-refractivity contribution in [2.75, 3.05) is 44.0 Å². The van der Waals surface area contributed by atoms with E-state index in [0.29, 0.717) is 30.2 Å². The number of benzene rings is 4. The minimum atomic E-state index is -3.80. The number of rotatable bonds is 8. The van der Waals surface area contributed by atoms with Gasteiger partial charge in [0.25, 0.3) is 5.91 Å². The number of nitrogens with one attached hydrogen (secondary N) is 2. The van der Waals surface area contributed by atoms with E-state index in [1.807, 2.05) is 63.2 Å². The molecule has 0 aliphatic carbocycles. The van der Waals surface area contributed by atoms with Crippen LogP contribution in [0, 0.1) is 12.8 Å². The van der Waals surface area contributed by atoms with Crippen LogP contribution >= 0.6 is 0 Å². The van der Waals surface area contributed by atoms with Crippen molar-refractivity contribution < 1.29 is 32.6 Å². The number of nitrogens with zero attached hydrogens (tertiary/aromatic N) is 2. The third kappa shape index (κ3) is 9.48. The number of urea groups is 1. The summed E-state index contributed by atoms with van der Waals surface area (Å²) in [7, 11) is -2.26. The van der Waals surface area contributed by atoms with Crippen LogP contribution < -0.4 is 15.4 Å². The van der Waals surface area contributed by atoms with E-state index in [1.54, 1.807) is 54.3 Å². The Bertz CT molecular complexity index is 1950. The van der Waals surface area contributed by atoms with E-state index in [1.165, 1.54) is 11.4 Å². The third-order valence-corrected chi connectivity index (χ3v) is 11.4. The lowest BCUT2D eigenvalue weighted by Gasteiger charge is -2.35. The predicted octanol–water partition coefficient (Wildman–Crippen LogP) is 6.91.